The van der Waals surface area contributed by atoms with Gasteiger partial charge in [-0.05, 0) is 60.0 Å². The van der Waals surface area contributed by atoms with E-state index in [1.165, 1.54) is 0 Å². The summed E-state index contributed by atoms with van der Waals surface area (Å²) >= 11 is 9.67. The summed E-state index contributed by atoms with van der Waals surface area (Å²) in [6, 6.07) is 3.90. The van der Waals surface area contributed by atoms with Crippen LogP contribution >= 0.6 is 27.5 Å². The second-order valence-electron chi connectivity index (χ2n) is 4.63. The van der Waals surface area contributed by atoms with Gasteiger partial charge in [0.25, 0.3) is 0 Å². The highest BCUT2D eigenvalue weighted by molar-refractivity contribution is 9.10. The van der Waals surface area contributed by atoms with Crippen LogP contribution in [0.4, 0.5) is 0 Å². The lowest BCUT2D eigenvalue weighted by Crippen LogP contribution is -2.04. The maximum Gasteiger partial charge on any atom is 0.131 e. The van der Waals surface area contributed by atoms with Crippen LogP contribution < -0.4 is 4.74 Å². The standard InChI is InChI=1S/C14H16BrClN2O/c1-8-5-11(6-9(2)14(8)16)19-7-12-13(15)10(3)17-18(12)4/h5-6H,7H2,1-4H3. The van der Waals surface area contributed by atoms with Gasteiger partial charge in [0, 0.05) is 12.1 Å². The maximum absolute atomic E-state index is 6.14. The van der Waals surface area contributed by atoms with Gasteiger partial charge < -0.3 is 4.74 Å². The highest BCUT2D eigenvalue weighted by Crippen LogP contribution is 2.27. The fraction of sp³-hybridized carbons (Fsp3) is 0.357. The van der Waals surface area contributed by atoms with E-state index in [1.54, 1.807) is 0 Å². The summed E-state index contributed by atoms with van der Waals surface area (Å²) in [5.74, 6) is 0.824. The monoisotopic (exact) mass is 342 g/mol. The van der Waals surface area contributed by atoms with Crippen molar-refractivity contribution >= 4 is 27.5 Å². The minimum absolute atomic E-state index is 0.471. The van der Waals surface area contributed by atoms with Crippen molar-refractivity contribution in [2.75, 3.05) is 0 Å². The Kier molecular flexibility index (Phi) is 4.21. The van der Waals surface area contributed by atoms with Crippen molar-refractivity contribution in [3.05, 3.63) is 44.1 Å². The highest BCUT2D eigenvalue weighted by Gasteiger charge is 2.11. The Hall–Kier alpha value is -1.00. The van der Waals surface area contributed by atoms with Crippen molar-refractivity contribution in [2.24, 2.45) is 7.05 Å². The van der Waals surface area contributed by atoms with Crippen LogP contribution in [0.1, 0.15) is 22.5 Å². The van der Waals surface area contributed by atoms with Crippen LogP contribution in [0.3, 0.4) is 0 Å². The third kappa shape index (κ3) is 2.95. The molecule has 2 rings (SSSR count). The third-order valence-corrected chi connectivity index (χ3v) is 4.67. The average molecular weight is 344 g/mol. The van der Waals surface area contributed by atoms with Crippen molar-refractivity contribution in [1.29, 1.82) is 0 Å². The molecule has 5 heteroatoms. The molecule has 0 unspecified atom stereocenters. The molecule has 0 N–H and O–H groups in total. The molecule has 1 heterocycles. The number of ether oxygens (including phenoxy) is 1. The molecule has 0 aliphatic rings. The molecular formula is C14H16BrClN2O. The third-order valence-electron chi connectivity index (χ3n) is 3.05. The van der Waals surface area contributed by atoms with Crippen LogP contribution in [0.25, 0.3) is 0 Å². The zero-order valence-corrected chi connectivity index (χ0v) is 13.8. The van der Waals surface area contributed by atoms with E-state index in [0.29, 0.717) is 6.61 Å². The SMILES string of the molecule is Cc1cc(OCc2c(Br)c(C)nn2C)cc(C)c1Cl. The predicted octanol–water partition coefficient (Wildman–Crippen LogP) is 4.34. The molecule has 0 spiro atoms. The van der Waals surface area contributed by atoms with Crippen molar-refractivity contribution in [3.63, 3.8) is 0 Å². The first-order chi connectivity index (χ1) is 8.90. The number of aryl methyl sites for hydroxylation is 4. The molecule has 3 nitrogen and oxygen atoms in total. The van der Waals surface area contributed by atoms with Gasteiger partial charge in [0.2, 0.25) is 0 Å². The molecule has 102 valence electrons. The molecule has 0 radical (unpaired) electrons. The van der Waals surface area contributed by atoms with E-state index in [4.69, 9.17) is 16.3 Å². The Balaban J connectivity index is 2.19. The molecule has 0 fully saturated rings. The van der Waals surface area contributed by atoms with E-state index in [9.17, 15) is 0 Å². The largest absolute Gasteiger partial charge is 0.487 e. The molecule has 2 aromatic rings. The fourth-order valence-electron chi connectivity index (χ4n) is 1.98. The molecular weight excluding hydrogens is 328 g/mol. The highest BCUT2D eigenvalue weighted by atomic mass is 79.9. The minimum Gasteiger partial charge on any atom is -0.487 e. The van der Waals surface area contributed by atoms with E-state index in [-0.39, 0.29) is 0 Å². The van der Waals surface area contributed by atoms with Gasteiger partial charge in [-0.1, -0.05) is 11.6 Å². The molecule has 0 atom stereocenters. The molecule has 0 saturated heterocycles. The van der Waals surface area contributed by atoms with Gasteiger partial charge in [-0.15, -0.1) is 0 Å². The van der Waals surface area contributed by atoms with Gasteiger partial charge in [0.05, 0.1) is 15.9 Å². The van der Waals surface area contributed by atoms with Crippen LogP contribution in [-0.4, -0.2) is 9.78 Å². The van der Waals surface area contributed by atoms with Gasteiger partial charge in [-0.25, -0.2) is 0 Å². The van der Waals surface area contributed by atoms with Crippen molar-refractivity contribution < 1.29 is 4.74 Å². The number of hydrogen-bond donors (Lipinski definition) is 0. The smallest absolute Gasteiger partial charge is 0.131 e. The normalized spacial score (nSPS) is 10.8. The Morgan fingerprint density at radius 2 is 1.84 bits per heavy atom. The second kappa shape index (κ2) is 5.55. The van der Waals surface area contributed by atoms with E-state index < -0.39 is 0 Å². The van der Waals surface area contributed by atoms with Crippen LogP contribution in [-0.2, 0) is 13.7 Å². The van der Waals surface area contributed by atoms with Crippen LogP contribution in [0.5, 0.6) is 5.75 Å². The second-order valence-corrected chi connectivity index (χ2v) is 5.80. The zero-order valence-electron chi connectivity index (χ0n) is 11.4. The van der Waals surface area contributed by atoms with E-state index in [2.05, 4.69) is 21.0 Å². The van der Waals surface area contributed by atoms with Crippen LogP contribution in [0.2, 0.25) is 5.02 Å². The number of hydrogen-bond acceptors (Lipinski definition) is 2. The molecule has 0 saturated carbocycles. The minimum atomic E-state index is 0.471. The summed E-state index contributed by atoms with van der Waals surface area (Å²) in [5, 5.41) is 5.14. The lowest BCUT2D eigenvalue weighted by Gasteiger charge is -2.10. The summed E-state index contributed by atoms with van der Waals surface area (Å²) in [6.45, 7) is 6.39. The Labute approximate surface area is 126 Å². The summed E-state index contributed by atoms with van der Waals surface area (Å²) in [7, 11) is 1.91. The maximum atomic E-state index is 6.14. The number of benzene rings is 1. The van der Waals surface area contributed by atoms with Crippen molar-refractivity contribution in [3.8, 4) is 5.75 Å². The first kappa shape index (κ1) is 14.4. The van der Waals surface area contributed by atoms with Crippen molar-refractivity contribution in [2.45, 2.75) is 27.4 Å². The molecule has 0 aliphatic heterocycles. The first-order valence-corrected chi connectivity index (χ1v) is 7.14. The summed E-state index contributed by atoms with van der Waals surface area (Å²) in [6.07, 6.45) is 0. The molecule has 0 aliphatic carbocycles. The summed E-state index contributed by atoms with van der Waals surface area (Å²) in [4.78, 5) is 0. The zero-order chi connectivity index (χ0) is 14.2. The van der Waals surface area contributed by atoms with Gasteiger partial charge >= 0.3 is 0 Å². The van der Waals surface area contributed by atoms with Gasteiger partial charge in [-0.2, -0.15) is 5.10 Å². The Morgan fingerprint density at radius 3 is 2.32 bits per heavy atom. The van der Waals surface area contributed by atoms with Gasteiger partial charge in [-0.3, -0.25) is 4.68 Å². The lowest BCUT2D eigenvalue weighted by molar-refractivity contribution is 0.293. The van der Waals surface area contributed by atoms with Crippen molar-refractivity contribution in [1.82, 2.24) is 9.78 Å². The van der Waals surface area contributed by atoms with E-state index in [0.717, 1.165) is 37.8 Å². The van der Waals surface area contributed by atoms with Gasteiger partial charge in [0.1, 0.15) is 12.4 Å². The molecule has 1 aromatic carbocycles. The Morgan fingerprint density at radius 1 is 1.26 bits per heavy atom. The molecule has 1 aromatic heterocycles. The van der Waals surface area contributed by atoms with Crippen LogP contribution in [0.15, 0.2) is 16.6 Å². The molecule has 19 heavy (non-hydrogen) atoms. The number of nitrogens with zero attached hydrogens (tertiary/aromatic N) is 2. The number of rotatable bonds is 3. The molecule has 0 bridgehead atoms. The lowest BCUT2D eigenvalue weighted by atomic mass is 10.1. The average Bonchev–Trinajstić information content (AvgIpc) is 2.58. The number of aromatic nitrogens is 2. The first-order valence-electron chi connectivity index (χ1n) is 5.97. The summed E-state index contributed by atoms with van der Waals surface area (Å²) in [5.41, 5.74) is 4.03. The topological polar surface area (TPSA) is 27.1 Å². The quantitative estimate of drug-likeness (QED) is 0.829. The Bertz CT molecular complexity index is 599. The van der Waals surface area contributed by atoms with E-state index in [1.807, 2.05) is 44.6 Å². The van der Waals surface area contributed by atoms with E-state index >= 15 is 0 Å². The summed E-state index contributed by atoms with van der Waals surface area (Å²) < 4.78 is 8.66. The van der Waals surface area contributed by atoms with Crippen LogP contribution in [0, 0.1) is 20.8 Å². The predicted molar refractivity (Wildman–Crippen MR) is 80.9 cm³/mol. The van der Waals surface area contributed by atoms with Gasteiger partial charge in [0.15, 0.2) is 0 Å². The molecule has 0 amide bonds. The number of halogens is 2. The fourth-order valence-corrected chi connectivity index (χ4v) is 2.54.